The third kappa shape index (κ3) is 4.25. The highest BCUT2D eigenvalue weighted by Gasteiger charge is 2.17. The molecule has 0 amide bonds. The topological polar surface area (TPSA) is 64.1 Å². The van der Waals surface area contributed by atoms with E-state index in [2.05, 4.69) is 15.3 Å². The molecule has 1 heterocycles. The molecule has 0 fully saturated rings. The van der Waals surface area contributed by atoms with Gasteiger partial charge in [-0.3, -0.25) is 0 Å². The van der Waals surface area contributed by atoms with Gasteiger partial charge in [0.2, 0.25) is 0 Å². The van der Waals surface area contributed by atoms with E-state index in [1.807, 2.05) is 48.5 Å². The molecule has 0 radical (unpaired) electrons. The van der Waals surface area contributed by atoms with Crippen molar-refractivity contribution < 1.29 is 9.53 Å². The third-order valence-corrected chi connectivity index (χ3v) is 3.91. The Morgan fingerprint density at radius 2 is 1.76 bits per heavy atom. The number of para-hydroxylation sites is 2. The van der Waals surface area contributed by atoms with Crippen LogP contribution in [0.3, 0.4) is 0 Å². The van der Waals surface area contributed by atoms with Crippen LogP contribution in [0, 0.1) is 0 Å². The molecule has 0 bridgehead atoms. The summed E-state index contributed by atoms with van der Waals surface area (Å²) in [5, 5.41) is 3.91. The van der Waals surface area contributed by atoms with E-state index in [0.29, 0.717) is 22.9 Å². The zero-order valence-corrected chi connectivity index (χ0v) is 14.6. The van der Waals surface area contributed by atoms with Crippen molar-refractivity contribution >= 4 is 34.4 Å². The molecule has 6 heteroatoms. The molecule has 3 rings (SSSR count). The highest BCUT2D eigenvalue weighted by molar-refractivity contribution is 6.30. The van der Waals surface area contributed by atoms with Gasteiger partial charge in [0, 0.05) is 11.6 Å². The van der Waals surface area contributed by atoms with Crippen LogP contribution < -0.4 is 5.32 Å². The Hall–Kier alpha value is -2.66. The van der Waals surface area contributed by atoms with Crippen molar-refractivity contribution in [3.8, 4) is 0 Å². The molecule has 2 aromatic carbocycles. The van der Waals surface area contributed by atoms with Gasteiger partial charge in [0.15, 0.2) is 11.5 Å². The van der Waals surface area contributed by atoms with E-state index in [-0.39, 0.29) is 12.3 Å². The second-order valence-electron chi connectivity index (χ2n) is 5.43. The number of hydrogen-bond donors (Lipinski definition) is 1. The Kier molecular flexibility index (Phi) is 5.46. The number of esters is 1. The lowest BCUT2D eigenvalue weighted by molar-refractivity contribution is 0.0521. The van der Waals surface area contributed by atoms with Crippen LogP contribution in [0.4, 0.5) is 5.82 Å². The van der Waals surface area contributed by atoms with Gasteiger partial charge in [-0.15, -0.1) is 0 Å². The maximum atomic E-state index is 12.2. The molecule has 0 aliphatic carbocycles. The van der Waals surface area contributed by atoms with E-state index in [9.17, 15) is 4.79 Å². The molecular formula is C19H18ClN3O2. The first-order valence-corrected chi connectivity index (χ1v) is 8.47. The minimum atomic E-state index is -0.477. The second kappa shape index (κ2) is 7.94. The van der Waals surface area contributed by atoms with Crippen LogP contribution in [0.1, 0.15) is 23.0 Å². The van der Waals surface area contributed by atoms with Crippen LogP contribution in [-0.4, -0.2) is 29.1 Å². The Balaban J connectivity index is 1.81. The van der Waals surface area contributed by atoms with Gasteiger partial charge in [-0.2, -0.15) is 0 Å². The summed E-state index contributed by atoms with van der Waals surface area (Å²) >= 11 is 5.90. The average Bonchev–Trinajstić information content (AvgIpc) is 2.63. The van der Waals surface area contributed by atoms with E-state index in [4.69, 9.17) is 16.3 Å². The van der Waals surface area contributed by atoms with Crippen molar-refractivity contribution in [2.45, 2.75) is 13.3 Å². The first-order chi connectivity index (χ1) is 12.2. The summed E-state index contributed by atoms with van der Waals surface area (Å²) in [5.74, 6) is -0.0409. The van der Waals surface area contributed by atoms with Crippen molar-refractivity contribution in [1.82, 2.24) is 9.97 Å². The maximum Gasteiger partial charge on any atom is 0.360 e. The minimum absolute atomic E-state index is 0.205. The molecule has 128 valence electrons. The van der Waals surface area contributed by atoms with E-state index in [1.54, 1.807) is 6.92 Å². The van der Waals surface area contributed by atoms with E-state index in [0.717, 1.165) is 17.5 Å². The van der Waals surface area contributed by atoms with Crippen molar-refractivity contribution in [3.05, 3.63) is 64.8 Å². The molecule has 3 aromatic rings. The fourth-order valence-corrected chi connectivity index (χ4v) is 2.57. The van der Waals surface area contributed by atoms with Gasteiger partial charge < -0.3 is 10.1 Å². The van der Waals surface area contributed by atoms with Crippen molar-refractivity contribution in [1.29, 1.82) is 0 Å². The molecule has 0 spiro atoms. The first kappa shape index (κ1) is 17.2. The number of nitrogens with zero attached hydrogens (tertiary/aromatic N) is 2. The summed E-state index contributed by atoms with van der Waals surface area (Å²) < 4.78 is 5.10. The van der Waals surface area contributed by atoms with Gasteiger partial charge >= 0.3 is 5.97 Å². The van der Waals surface area contributed by atoms with Crippen LogP contribution in [0.5, 0.6) is 0 Å². The Morgan fingerprint density at radius 1 is 1.08 bits per heavy atom. The zero-order chi connectivity index (χ0) is 17.6. The lowest BCUT2D eigenvalue weighted by atomic mass is 10.1. The summed E-state index contributed by atoms with van der Waals surface area (Å²) in [5.41, 5.74) is 2.73. The number of nitrogens with one attached hydrogen (secondary N) is 1. The molecule has 1 N–H and O–H groups in total. The van der Waals surface area contributed by atoms with Crippen molar-refractivity contribution in [3.63, 3.8) is 0 Å². The average molecular weight is 356 g/mol. The molecule has 0 atom stereocenters. The molecule has 25 heavy (non-hydrogen) atoms. The number of anilines is 1. The Morgan fingerprint density at radius 3 is 2.44 bits per heavy atom. The standard InChI is InChI=1S/C19H18ClN3O2/c1-2-25-19(24)17-18(23-16-6-4-3-5-15(16)22-17)21-12-11-13-7-9-14(20)10-8-13/h3-10H,2,11-12H2,1H3,(H,21,23). The number of rotatable bonds is 6. The maximum absolute atomic E-state index is 12.2. The van der Waals surface area contributed by atoms with Crippen LogP contribution >= 0.6 is 11.6 Å². The highest BCUT2D eigenvalue weighted by atomic mass is 35.5. The molecular weight excluding hydrogens is 338 g/mol. The van der Waals surface area contributed by atoms with Gasteiger partial charge in [-0.05, 0) is 43.2 Å². The van der Waals surface area contributed by atoms with Crippen LogP contribution in [-0.2, 0) is 11.2 Å². The third-order valence-electron chi connectivity index (χ3n) is 3.66. The van der Waals surface area contributed by atoms with E-state index in [1.165, 1.54) is 0 Å². The van der Waals surface area contributed by atoms with Crippen LogP contribution in [0.15, 0.2) is 48.5 Å². The second-order valence-corrected chi connectivity index (χ2v) is 5.87. The smallest absolute Gasteiger partial charge is 0.360 e. The highest BCUT2D eigenvalue weighted by Crippen LogP contribution is 2.18. The molecule has 0 aliphatic heterocycles. The van der Waals surface area contributed by atoms with Gasteiger partial charge in [-0.25, -0.2) is 14.8 Å². The number of aromatic nitrogens is 2. The Bertz CT molecular complexity index is 881. The van der Waals surface area contributed by atoms with Gasteiger partial charge in [-0.1, -0.05) is 35.9 Å². The van der Waals surface area contributed by atoms with Crippen molar-refractivity contribution in [2.24, 2.45) is 0 Å². The fraction of sp³-hybridized carbons (Fsp3) is 0.211. The fourth-order valence-electron chi connectivity index (χ4n) is 2.44. The molecule has 0 saturated heterocycles. The normalized spacial score (nSPS) is 10.6. The SMILES string of the molecule is CCOC(=O)c1nc2ccccc2nc1NCCc1ccc(Cl)cc1. The summed E-state index contributed by atoms with van der Waals surface area (Å²) in [4.78, 5) is 21.1. The molecule has 0 saturated carbocycles. The predicted molar refractivity (Wildman–Crippen MR) is 99.1 cm³/mol. The van der Waals surface area contributed by atoms with E-state index >= 15 is 0 Å². The van der Waals surface area contributed by atoms with Crippen molar-refractivity contribution in [2.75, 3.05) is 18.5 Å². The zero-order valence-electron chi connectivity index (χ0n) is 13.8. The number of halogens is 1. The molecule has 0 aliphatic rings. The number of hydrogen-bond acceptors (Lipinski definition) is 5. The number of benzene rings is 2. The lowest BCUT2D eigenvalue weighted by Gasteiger charge is -2.11. The molecule has 5 nitrogen and oxygen atoms in total. The van der Waals surface area contributed by atoms with Crippen LogP contribution in [0.2, 0.25) is 5.02 Å². The first-order valence-electron chi connectivity index (χ1n) is 8.09. The largest absolute Gasteiger partial charge is 0.461 e. The lowest BCUT2D eigenvalue weighted by Crippen LogP contribution is -2.15. The summed E-state index contributed by atoms with van der Waals surface area (Å²) in [6.45, 7) is 2.67. The number of fused-ring (bicyclic) bond motifs is 1. The summed E-state index contributed by atoms with van der Waals surface area (Å²) in [7, 11) is 0. The monoisotopic (exact) mass is 355 g/mol. The quantitative estimate of drug-likeness (QED) is 0.674. The number of carbonyl (C=O) groups is 1. The van der Waals surface area contributed by atoms with Gasteiger partial charge in [0.25, 0.3) is 0 Å². The van der Waals surface area contributed by atoms with Gasteiger partial charge in [0.1, 0.15) is 0 Å². The summed E-state index contributed by atoms with van der Waals surface area (Å²) in [6.07, 6.45) is 0.772. The Labute approximate surface area is 151 Å². The minimum Gasteiger partial charge on any atom is -0.461 e. The molecule has 0 unspecified atom stereocenters. The predicted octanol–water partition coefficient (Wildman–Crippen LogP) is 4.11. The summed E-state index contributed by atoms with van der Waals surface area (Å²) in [6, 6.07) is 15.1. The van der Waals surface area contributed by atoms with E-state index < -0.39 is 5.97 Å². The number of carbonyl (C=O) groups excluding carboxylic acids is 1. The molecule has 1 aromatic heterocycles. The number of ether oxygens (including phenoxy) is 1. The van der Waals surface area contributed by atoms with Gasteiger partial charge in [0.05, 0.1) is 17.6 Å². The van der Waals surface area contributed by atoms with Crippen LogP contribution in [0.25, 0.3) is 11.0 Å².